The zero-order valence-electron chi connectivity index (χ0n) is 17.2. The molecule has 0 bridgehead atoms. The molecule has 0 saturated heterocycles. The van der Waals surface area contributed by atoms with E-state index in [1.165, 1.54) is 0 Å². The molecule has 30 heavy (non-hydrogen) atoms. The summed E-state index contributed by atoms with van der Waals surface area (Å²) >= 11 is 0. The number of benzene rings is 1. The molecule has 0 spiro atoms. The van der Waals surface area contributed by atoms with Crippen LogP contribution in [-0.2, 0) is 11.3 Å². The molecule has 5 N–H and O–H groups in total. The average Bonchev–Trinajstić information content (AvgIpc) is 3.53. The molecular weight excluding hydrogens is 390 g/mol. The molecule has 0 aliphatic heterocycles. The van der Waals surface area contributed by atoms with Crippen LogP contribution in [0.4, 0.5) is 14.4 Å². The second-order valence-corrected chi connectivity index (χ2v) is 7.79. The Morgan fingerprint density at radius 2 is 1.80 bits per heavy atom. The van der Waals surface area contributed by atoms with Crippen molar-refractivity contribution in [2.45, 2.75) is 45.3 Å². The van der Waals surface area contributed by atoms with Crippen molar-refractivity contribution in [2.24, 2.45) is 17.8 Å². The van der Waals surface area contributed by atoms with Crippen LogP contribution in [0.2, 0.25) is 0 Å². The monoisotopic (exact) mass is 421 g/mol. The van der Waals surface area contributed by atoms with Gasteiger partial charge in [-0.3, -0.25) is 0 Å². The summed E-state index contributed by atoms with van der Waals surface area (Å²) in [5.41, 5.74) is 0.879. The molecule has 9 nitrogen and oxygen atoms in total. The number of carboxylic acid groups (broad SMARTS) is 2. The van der Waals surface area contributed by atoms with Gasteiger partial charge in [0.1, 0.15) is 6.61 Å². The van der Waals surface area contributed by atoms with Crippen molar-refractivity contribution < 1.29 is 29.3 Å². The third kappa shape index (κ3) is 9.02. The standard InChI is InChI=1S/C21H31N3O6/c1-14(24-20(27)28)18(11-17(16-7-8-16)9-10-22-19(25)26)12-23-21(29)30-13-15-5-3-2-4-6-15/h2-6,14,16-18,22,24H,7-13H2,1H3,(H,23,29)(H,25,26)(H,27,28). The van der Waals surface area contributed by atoms with Crippen LogP contribution in [0.15, 0.2) is 30.3 Å². The predicted molar refractivity (Wildman–Crippen MR) is 110 cm³/mol. The van der Waals surface area contributed by atoms with Crippen molar-refractivity contribution in [2.75, 3.05) is 13.1 Å². The molecule has 1 aliphatic carbocycles. The van der Waals surface area contributed by atoms with E-state index in [0.29, 0.717) is 25.3 Å². The lowest BCUT2D eigenvalue weighted by Gasteiger charge is -2.28. The van der Waals surface area contributed by atoms with Crippen LogP contribution < -0.4 is 16.0 Å². The molecule has 2 rings (SSSR count). The van der Waals surface area contributed by atoms with Gasteiger partial charge in [0.15, 0.2) is 0 Å². The molecule has 166 valence electrons. The summed E-state index contributed by atoms with van der Waals surface area (Å²) in [6, 6.07) is 8.96. The van der Waals surface area contributed by atoms with Crippen LogP contribution in [0, 0.1) is 17.8 Å². The van der Waals surface area contributed by atoms with Crippen molar-refractivity contribution in [1.82, 2.24) is 16.0 Å². The molecule has 0 radical (unpaired) electrons. The first-order valence-corrected chi connectivity index (χ1v) is 10.3. The summed E-state index contributed by atoms with van der Waals surface area (Å²) in [7, 11) is 0. The molecule has 3 atom stereocenters. The number of hydrogen-bond donors (Lipinski definition) is 5. The molecule has 1 aliphatic rings. The Kier molecular flexibility index (Phi) is 9.24. The molecule has 3 unspecified atom stereocenters. The van der Waals surface area contributed by atoms with E-state index in [9.17, 15) is 14.4 Å². The largest absolute Gasteiger partial charge is 0.465 e. The highest BCUT2D eigenvalue weighted by Crippen LogP contribution is 2.41. The third-order valence-electron chi connectivity index (χ3n) is 5.47. The lowest BCUT2D eigenvalue weighted by Crippen LogP contribution is -2.43. The molecule has 1 saturated carbocycles. The topological polar surface area (TPSA) is 137 Å². The van der Waals surface area contributed by atoms with Crippen LogP contribution in [0.1, 0.15) is 38.2 Å². The highest BCUT2D eigenvalue weighted by atomic mass is 16.5. The number of carbonyl (C=O) groups excluding carboxylic acids is 1. The Balaban J connectivity index is 1.88. The first-order chi connectivity index (χ1) is 14.3. The molecular formula is C21H31N3O6. The SMILES string of the molecule is CC(NC(=O)O)C(CNC(=O)OCc1ccccc1)CC(CCNC(=O)O)C1CC1. The van der Waals surface area contributed by atoms with Crippen LogP contribution in [-0.4, -0.2) is 47.6 Å². The van der Waals surface area contributed by atoms with Gasteiger partial charge in [0.2, 0.25) is 0 Å². The van der Waals surface area contributed by atoms with E-state index in [4.69, 9.17) is 14.9 Å². The highest BCUT2D eigenvalue weighted by Gasteiger charge is 2.34. The number of rotatable bonds is 12. The number of carbonyl (C=O) groups is 3. The van der Waals surface area contributed by atoms with Gasteiger partial charge in [0, 0.05) is 19.1 Å². The van der Waals surface area contributed by atoms with Crippen molar-refractivity contribution in [1.29, 1.82) is 0 Å². The minimum absolute atomic E-state index is 0.138. The van der Waals surface area contributed by atoms with Gasteiger partial charge in [-0.1, -0.05) is 30.3 Å². The summed E-state index contributed by atoms with van der Waals surface area (Å²) in [5, 5.41) is 25.5. The Hall–Kier alpha value is -2.97. The molecule has 1 fully saturated rings. The third-order valence-corrected chi connectivity index (χ3v) is 5.47. The summed E-state index contributed by atoms with van der Waals surface area (Å²) in [5.74, 6) is 0.646. The van der Waals surface area contributed by atoms with Crippen LogP contribution >= 0.6 is 0 Å². The summed E-state index contributed by atoms with van der Waals surface area (Å²) in [4.78, 5) is 33.9. The zero-order valence-corrected chi connectivity index (χ0v) is 17.2. The smallest absolute Gasteiger partial charge is 0.407 e. The maximum atomic E-state index is 12.1. The molecule has 9 heteroatoms. The molecule has 1 aromatic rings. The van der Waals surface area contributed by atoms with Crippen molar-refractivity contribution in [3.05, 3.63) is 35.9 Å². The van der Waals surface area contributed by atoms with E-state index in [1.54, 1.807) is 6.92 Å². The van der Waals surface area contributed by atoms with Gasteiger partial charge >= 0.3 is 18.3 Å². The van der Waals surface area contributed by atoms with Crippen LogP contribution in [0.3, 0.4) is 0 Å². The number of amides is 3. The first-order valence-electron chi connectivity index (χ1n) is 10.3. The Morgan fingerprint density at radius 3 is 2.40 bits per heavy atom. The van der Waals surface area contributed by atoms with Crippen molar-refractivity contribution in [3.63, 3.8) is 0 Å². The van der Waals surface area contributed by atoms with Crippen LogP contribution in [0.25, 0.3) is 0 Å². The second kappa shape index (κ2) is 11.9. The van der Waals surface area contributed by atoms with Gasteiger partial charge < -0.3 is 30.9 Å². The minimum atomic E-state index is -1.12. The Bertz CT molecular complexity index is 695. The highest BCUT2D eigenvalue weighted by molar-refractivity contribution is 5.67. The maximum absolute atomic E-state index is 12.1. The lowest BCUT2D eigenvalue weighted by atomic mass is 9.84. The van der Waals surface area contributed by atoms with Crippen LogP contribution in [0.5, 0.6) is 0 Å². The zero-order chi connectivity index (χ0) is 21.9. The van der Waals surface area contributed by atoms with Crippen molar-refractivity contribution in [3.8, 4) is 0 Å². The van der Waals surface area contributed by atoms with Gasteiger partial charge in [-0.2, -0.15) is 0 Å². The van der Waals surface area contributed by atoms with E-state index >= 15 is 0 Å². The Labute approximate surface area is 176 Å². The number of ether oxygens (including phenoxy) is 1. The van der Waals surface area contributed by atoms with Gasteiger partial charge in [-0.25, -0.2) is 14.4 Å². The lowest BCUT2D eigenvalue weighted by molar-refractivity contribution is 0.135. The first kappa shape index (κ1) is 23.3. The maximum Gasteiger partial charge on any atom is 0.407 e. The minimum Gasteiger partial charge on any atom is -0.465 e. The van der Waals surface area contributed by atoms with Gasteiger partial charge in [-0.05, 0) is 55.9 Å². The summed E-state index contributed by atoms with van der Waals surface area (Å²) < 4.78 is 5.23. The van der Waals surface area contributed by atoms with E-state index in [2.05, 4.69) is 16.0 Å². The van der Waals surface area contributed by atoms with Gasteiger partial charge in [0.05, 0.1) is 0 Å². The molecule has 0 aromatic heterocycles. The molecule has 1 aromatic carbocycles. The summed E-state index contributed by atoms with van der Waals surface area (Å²) in [6.07, 6.45) is 0.842. The fraction of sp³-hybridized carbons (Fsp3) is 0.571. The molecule has 3 amide bonds. The van der Waals surface area contributed by atoms with Gasteiger partial charge in [-0.15, -0.1) is 0 Å². The fourth-order valence-corrected chi connectivity index (χ4v) is 3.63. The normalized spacial score (nSPS) is 16.0. The quantitative estimate of drug-likeness (QED) is 0.351. The Morgan fingerprint density at radius 1 is 1.10 bits per heavy atom. The van der Waals surface area contributed by atoms with E-state index in [0.717, 1.165) is 18.4 Å². The fourth-order valence-electron chi connectivity index (χ4n) is 3.63. The predicted octanol–water partition coefficient (Wildman–Crippen LogP) is 3.26. The van der Waals surface area contributed by atoms with E-state index < -0.39 is 18.3 Å². The number of alkyl carbamates (subject to hydrolysis) is 1. The number of hydrogen-bond acceptors (Lipinski definition) is 4. The van der Waals surface area contributed by atoms with Crippen molar-refractivity contribution >= 4 is 18.3 Å². The molecule has 0 heterocycles. The van der Waals surface area contributed by atoms with E-state index in [-0.39, 0.29) is 31.0 Å². The number of nitrogens with one attached hydrogen (secondary N) is 3. The van der Waals surface area contributed by atoms with Gasteiger partial charge in [0.25, 0.3) is 0 Å². The summed E-state index contributed by atoms with van der Waals surface area (Å²) in [6.45, 7) is 2.56. The average molecular weight is 421 g/mol. The van der Waals surface area contributed by atoms with E-state index in [1.807, 2.05) is 30.3 Å². The second-order valence-electron chi connectivity index (χ2n) is 7.79.